The third-order valence-corrected chi connectivity index (χ3v) is 4.71. The van der Waals surface area contributed by atoms with Crippen molar-refractivity contribution in [3.8, 4) is 0 Å². The van der Waals surface area contributed by atoms with E-state index in [1.165, 1.54) is 12.1 Å². The fourth-order valence-corrected chi connectivity index (χ4v) is 3.10. The third-order valence-electron chi connectivity index (χ3n) is 4.71. The number of amides is 1. The van der Waals surface area contributed by atoms with E-state index in [1.54, 1.807) is 7.05 Å². The van der Waals surface area contributed by atoms with E-state index in [0.29, 0.717) is 37.4 Å². The highest BCUT2D eigenvalue weighted by atomic mass is 19.4. The van der Waals surface area contributed by atoms with Crippen molar-refractivity contribution in [1.82, 2.24) is 10.2 Å². The maximum absolute atomic E-state index is 12.6. The van der Waals surface area contributed by atoms with Gasteiger partial charge < -0.3 is 15.1 Å². The molecule has 0 aromatic heterocycles. The molecule has 1 saturated heterocycles. The van der Waals surface area contributed by atoms with Gasteiger partial charge in [0.1, 0.15) is 6.61 Å². The van der Waals surface area contributed by atoms with Gasteiger partial charge in [-0.05, 0) is 37.1 Å². The van der Waals surface area contributed by atoms with Gasteiger partial charge in [0, 0.05) is 25.9 Å². The molecule has 1 aromatic rings. The number of likely N-dealkylation sites (N-methyl/N-ethyl adjacent to an activating group) is 1. The SMILES string of the molecule is CNC(CC(C)C)C(=O)N1CCC(=NOCc2ccc(C(F)(F)F)cc2)CC1. The van der Waals surface area contributed by atoms with Crippen LogP contribution in [0.5, 0.6) is 0 Å². The summed E-state index contributed by atoms with van der Waals surface area (Å²) in [5.41, 5.74) is 0.799. The Hall–Kier alpha value is -2.09. The quantitative estimate of drug-likeness (QED) is 0.709. The highest BCUT2D eigenvalue weighted by Gasteiger charge is 2.30. The van der Waals surface area contributed by atoms with Crippen molar-refractivity contribution in [3.63, 3.8) is 0 Å². The minimum Gasteiger partial charge on any atom is -0.391 e. The molecule has 5 nitrogen and oxygen atoms in total. The fraction of sp³-hybridized carbons (Fsp3) is 0.600. The minimum atomic E-state index is -4.34. The number of halogens is 3. The second-order valence-corrected chi connectivity index (χ2v) is 7.42. The number of benzene rings is 1. The van der Waals surface area contributed by atoms with Gasteiger partial charge in [-0.1, -0.05) is 31.1 Å². The van der Waals surface area contributed by atoms with Crippen LogP contribution in [0.15, 0.2) is 29.4 Å². The van der Waals surface area contributed by atoms with E-state index in [4.69, 9.17) is 4.84 Å². The molecule has 0 spiro atoms. The van der Waals surface area contributed by atoms with Gasteiger partial charge in [0.15, 0.2) is 0 Å². The van der Waals surface area contributed by atoms with Crippen LogP contribution in [0.4, 0.5) is 13.2 Å². The molecule has 1 aromatic carbocycles. The van der Waals surface area contributed by atoms with Gasteiger partial charge in [-0.25, -0.2) is 0 Å². The van der Waals surface area contributed by atoms with Crippen molar-refractivity contribution < 1.29 is 22.8 Å². The van der Waals surface area contributed by atoms with Crippen molar-refractivity contribution in [2.75, 3.05) is 20.1 Å². The van der Waals surface area contributed by atoms with Gasteiger partial charge >= 0.3 is 6.18 Å². The summed E-state index contributed by atoms with van der Waals surface area (Å²) < 4.78 is 37.7. The maximum atomic E-state index is 12.6. The molecule has 1 fully saturated rings. The zero-order valence-electron chi connectivity index (χ0n) is 16.6. The summed E-state index contributed by atoms with van der Waals surface area (Å²) in [6.07, 6.45) is -2.27. The van der Waals surface area contributed by atoms with Gasteiger partial charge in [-0.15, -0.1) is 0 Å². The first kappa shape index (κ1) is 22.2. The van der Waals surface area contributed by atoms with E-state index < -0.39 is 11.7 Å². The van der Waals surface area contributed by atoms with E-state index in [1.807, 2.05) is 4.90 Å². The Morgan fingerprint density at radius 1 is 1.21 bits per heavy atom. The summed E-state index contributed by atoms with van der Waals surface area (Å²) in [5, 5.41) is 7.19. The van der Waals surface area contributed by atoms with Crippen LogP contribution in [-0.2, 0) is 22.4 Å². The van der Waals surface area contributed by atoms with E-state index in [2.05, 4.69) is 24.3 Å². The first-order chi connectivity index (χ1) is 13.2. The van der Waals surface area contributed by atoms with Crippen LogP contribution in [-0.4, -0.2) is 42.7 Å². The van der Waals surface area contributed by atoms with E-state index in [0.717, 1.165) is 24.3 Å². The molecule has 1 atom stereocenters. The molecule has 2 rings (SSSR count). The average molecular weight is 399 g/mol. The van der Waals surface area contributed by atoms with E-state index in [-0.39, 0.29) is 18.6 Å². The van der Waals surface area contributed by atoms with Crippen molar-refractivity contribution >= 4 is 11.6 Å². The van der Waals surface area contributed by atoms with E-state index in [9.17, 15) is 18.0 Å². The van der Waals surface area contributed by atoms with Crippen LogP contribution in [0.25, 0.3) is 0 Å². The number of rotatable bonds is 7. The molecule has 0 bridgehead atoms. The Morgan fingerprint density at radius 3 is 2.32 bits per heavy atom. The Morgan fingerprint density at radius 2 is 1.82 bits per heavy atom. The van der Waals surface area contributed by atoms with Crippen LogP contribution in [0.2, 0.25) is 0 Å². The summed E-state index contributed by atoms with van der Waals surface area (Å²) in [5.74, 6) is 0.544. The predicted molar refractivity (Wildman–Crippen MR) is 102 cm³/mol. The lowest BCUT2D eigenvalue weighted by Crippen LogP contribution is -2.48. The lowest BCUT2D eigenvalue weighted by Gasteiger charge is -2.31. The summed E-state index contributed by atoms with van der Waals surface area (Å²) in [6.45, 7) is 5.48. The predicted octanol–water partition coefficient (Wildman–Crippen LogP) is 3.83. The molecule has 1 aliphatic rings. The molecule has 1 heterocycles. The molecular formula is C20H28F3N3O2. The second-order valence-electron chi connectivity index (χ2n) is 7.42. The number of carbonyl (C=O) groups is 1. The minimum absolute atomic E-state index is 0.112. The van der Waals surface area contributed by atoms with Crippen molar-refractivity contribution in [3.05, 3.63) is 35.4 Å². The number of piperidine rings is 1. The molecule has 0 radical (unpaired) electrons. The van der Waals surface area contributed by atoms with Crippen molar-refractivity contribution in [2.45, 2.75) is 51.9 Å². The standard InChI is InChI=1S/C20H28F3N3O2/c1-14(2)12-18(24-3)19(27)26-10-8-17(9-11-26)25-28-13-15-4-6-16(7-5-15)20(21,22)23/h4-7,14,18,24H,8-13H2,1-3H3. The number of carbonyl (C=O) groups excluding carboxylic acids is 1. The van der Waals surface area contributed by atoms with Gasteiger partial charge in [-0.3, -0.25) is 4.79 Å². The zero-order chi connectivity index (χ0) is 20.7. The van der Waals surface area contributed by atoms with Crippen molar-refractivity contribution in [1.29, 1.82) is 0 Å². The van der Waals surface area contributed by atoms with Gasteiger partial charge in [0.25, 0.3) is 0 Å². The van der Waals surface area contributed by atoms with Crippen LogP contribution in [0, 0.1) is 5.92 Å². The van der Waals surface area contributed by atoms with Gasteiger partial charge in [0.05, 0.1) is 17.3 Å². The first-order valence-electron chi connectivity index (χ1n) is 9.50. The molecular weight excluding hydrogens is 371 g/mol. The maximum Gasteiger partial charge on any atom is 0.416 e. The number of nitrogens with one attached hydrogen (secondary N) is 1. The van der Waals surface area contributed by atoms with E-state index >= 15 is 0 Å². The Labute approximate surface area is 163 Å². The normalized spacial score (nSPS) is 16.2. The number of hydrogen-bond donors (Lipinski definition) is 1. The largest absolute Gasteiger partial charge is 0.416 e. The number of hydrogen-bond acceptors (Lipinski definition) is 4. The van der Waals surface area contributed by atoms with Gasteiger partial charge in [-0.2, -0.15) is 13.2 Å². The zero-order valence-corrected chi connectivity index (χ0v) is 16.6. The molecule has 1 aliphatic heterocycles. The summed E-state index contributed by atoms with van der Waals surface area (Å²) in [6, 6.07) is 4.67. The Kier molecular flexibility index (Phi) is 7.86. The molecule has 156 valence electrons. The summed E-state index contributed by atoms with van der Waals surface area (Å²) >= 11 is 0. The van der Waals surface area contributed by atoms with Crippen LogP contribution in [0.3, 0.4) is 0 Å². The third kappa shape index (κ3) is 6.51. The molecule has 0 aliphatic carbocycles. The van der Waals surface area contributed by atoms with Crippen LogP contribution >= 0.6 is 0 Å². The number of likely N-dealkylation sites (tertiary alicyclic amines) is 1. The van der Waals surface area contributed by atoms with Crippen molar-refractivity contribution in [2.24, 2.45) is 11.1 Å². The molecule has 1 unspecified atom stereocenters. The lowest BCUT2D eigenvalue weighted by atomic mass is 10.0. The molecule has 28 heavy (non-hydrogen) atoms. The highest BCUT2D eigenvalue weighted by molar-refractivity contribution is 5.88. The Balaban J connectivity index is 1.80. The highest BCUT2D eigenvalue weighted by Crippen LogP contribution is 2.29. The smallest absolute Gasteiger partial charge is 0.391 e. The first-order valence-corrected chi connectivity index (χ1v) is 9.50. The fourth-order valence-electron chi connectivity index (χ4n) is 3.10. The second kappa shape index (κ2) is 9.91. The topological polar surface area (TPSA) is 53.9 Å². The molecule has 0 saturated carbocycles. The van der Waals surface area contributed by atoms with Crippen LogP contribution < -0.4 is 5.32 Å². The monoisotopic (exact) mass is 399 g/mol. The van der Waals surface area contributed by atoms with Crippen LogP contribution in [0.1, 0.15) is 44.2 Å². The number of nitrogens with zero attached hydrogens (tertiary/aromatic N) is 2. The average Bonchev–Trinajstić information content (AvgIpc) is 2.65. The molecule has 1 amide bonds. The summed E-state index contributed by atoms with van der Waals surface area (Å²) in [7, 11) is 1.80. The molecule has 1 N–H and O–H groups in total. The lowest BCUT2D eigenvalue weighted by molar-refractivity contribution is -0.137. The molecule has 8 heteroatoms. The summed E-state index contributed by atoms with van der Waals surface area (Å²) in [4.78, 5) is 19.7. The number of oxime groups is 1. The number of alkyl halides is 3. The Bertz CT molecular complexity index is 662. The van der Waals surface area contributed by atoms with Gasteiger partial charge in [0.2, 0.25) is 5.91 Å².